The van der Waals surface area contributed by atoms with Crippen molar-refractivity contribution >= 4 is 35.5 Å². The predicted molar refractivity (Wildman–Crippen MR) is 77.5 cm³/mol. The van der Waals surface area contributed by atoms with Gasteiger partial charge in [-0.25, -0.2) is 0 Å². The average molecular weight is 355 g/mol. The first-order valence-corrected chi connectivity index (χ1v) is 8.01. The first kappa shape index (κ1) is 24.1. The van der Waals surface area contributed by atoms with Crippen LogP contribution in [0.25, 0.3) is 11.5 Å². The summed E-state index contributed by atoms with van der Waals surface area (Å²) in [5.41, 5.74) is 13.8. The van der Waals surface area contributed by atoms with Crippen molar-refractivity contribution in [3.63, 3.8) is 0 Å². The Hall–Kier alpha value is 0.0535. The van der Waals surface area contributed by atoms with E-state index in [-0.39, 0.29) is 16.5 Å². The zero-order valence-electron chi connectivity index (χ0n) is 10.8. The summed E-state index contributed by atoms with van der Waals surface area (Å²) in [6, 6.07) is -1.87. The summed E-state index contributed by atoms with van der Waals surface area (Å²) in [7, 11) is 0. The minimum Gasteiger partial charge on any atom is -0.665 e. The van der Waals surface area contributed by atoms with E-state index in [9.17, 15) is 9.59 Å². The van der Waals surface area contributed by atoms with Crippen LogP contribution in [0.1, 0.15) is 12.8 Å². The van der Waals surface area contributed by atoms with Gasteiger partial charge in [-0.05, 0) is 36.1 Å². The van der Waals surface area contributed by atoms with Gasteiger partial charge in [0.2, 0.25) is 0 Å². The van der Waals surface area contributed by atoms with Gasteiger partial charge in [0.15, 0.2) is 0 Å². The van der Waals surface area contributed by atoms with E-state index in [1.54, 1.807) is 23.5 Å². The van der Waals surface area contributed by atoms with Crippen molar-refractivity contribution in [3.8, 4) is 0 Å². The maximum atomic E-state index is 10.0. The van der Waals surface area contributed by atoms with Gasteiger partial charge in [0.1, 0.15) is 0 Å². The molecule has 0 aliphatic heterocycles. The molecule has 0 aliphatic rings. The molecule has 6 nitrogen and oxygen atoms in total. The van der Waals surface area contributed by atoms with Gasteiger partial charge in [0.05, 0.1) is 0 Å². The molecule has 9 heteroatoms. The van der Waals surface area contributed by atoms with Crippen LogP contribution in [-0.4, -0.2) is 58.3 Å². The molecule has 0 aliphatic carbocycles. The molecule has 0 fully saturated rings. The first-order valence-electron chi connectivity index (χ1n) is 5.22. The number of hydrogen-bond acceptors (Lipinski definition) is 4. The third kappa shape index (κ3) is 18.1. The Bertz CT molecular complexity index is 224. The second-order valence-electron chi connectivity index (χ2n) is 3.34. The van der Waals surface area contributed by atoms with Crippen molar-refractivity contribution < 1.29 is 36.3 Å². The Morgan fingerprint density at radius 1 is 0.947 bits per heavy atom. The summed E-state index contributed by atoms with van der Waals surface area (Å²) in [6.07, 6.45) is 4.68. The molecule has 0 aromatic rings. The number of aliphatic carboxylic acids is 2. The minimum absolute atomic E-state index is 0. The fourth-order valence-electron chi connectivity index (χ4n) is 0.718. The third-order valence-electron chi connectivity index (χ3n) is 1.82. The molecule has 2 atom stereocenters. The van der Waals surface area contributed by atoms with Gasteiger partial charge in [-0.2, -0.15) is 23.5 Å². The number of carbonyl (C=O) groups is 2. The summed E-state index contributed by atoms with van der Waals surface area (Å²) in [6.45, 7) is 0. The first-order chi connectivity index (χ1) is 8.36. The van der Waals surface area contributed by atoms with E-state index in [0.29, 0.717) is 12.8 Å². The van der Waals surface area contributed by atoms with Gasteiger partial charge in [-0.3, -0.25) is 9.59 Å². The summed E-state index contributed by atoms with van der Waals surface area (Å²) >= 11 is 3.13. The molecule has 4 N–H and O–H groups in total. The molecule has 0 bridgehead atoms. The topological polar surface area (TPSA) is 122 Å². The van der Waals surface area contributed by atoms with Crippen LogP contribution in [0.15, 0.2) is 0 Å². The van der Waals surface area contributed by atoms with Gasteiger partial charge in [0.25, 0.3) is 11.9 Å². The maximum Gasteiger partial charge on any atom is 2.00 e. The zero-order valence-corrected chi connectivity index (χ0v) is 13.4. The molecule has 0 aromatic carbocycles. The standard InChI is InChI=1S/2C5H10NO2S.Ni/c2*1-9-3-2-4(6)5(7)8;/h2*4,6H,2-3H2,1H3,(H,7,8);/q2*-1;+2. The van der Waals surface area contributed by atoms with Crippen molar-refractivity contribution in [2.24, 2.45) is 0 Å². The van der Waals surface area contributed by atoms with Crippen LogP contribution in [0.5, 0.6) is 0 Å². The Morgan fingerprint density at radius 2 is 1.21 bits per heavy atom. The van der Waals surface area contributed by atoms with Crippen LogP contribution in [-0.2, 0) is 26.1 Å². The quantitative estimate of drug-likeness (QED) is 0.645. The summed E-state index contributed by atoms with van der Waals surface area (Å²) < 4.78 is 0. The molecule has 0 rings (SSSR count). The second kappa shape index (κ2) is 16.1. The minimum atomic E-state index is -1.02. The third-order valence-corrected chi connectivity index (χ3v) is 3.11. The van der Waals surface area contributed by atoms with E-state index in [1.807, 2.05) is 12.5 Å². The van der Waals surface area contributed by atoms with Gasteiger partial charge in [-0.1, -0.05) is 12.8 Å². The molecule has 19 heavy (non-hydrogen) atoms. The van der Waals surface area contributed by atoms with Crippen LogP contribution in [0.4, 0.5) is 0 Å². The molecule has 0 saturated heterocycles. The normalized spacial score (nSPS) is 12.4. The Balaban J connectivity index is -0.000000256. The summed E-state index contributed by atoms with van der Waals surface area (Å²) in [5, 5.41) is 16.4. The summed E-state index contributed by atoms with van der Waals surface area (Å²) in [5.74, 6) is -0.547. The van der Waals surface area contributed by atoms with E-state index < -0.39 is 24.0 Å². The second-order valence-corrected chi connectivity index (χ2v) is 5.32. The average Bonchev–Trinajstić information content (AvgIpc) is 2.33. The van der Waals surface area contributed by atoms with Crippen LogP contribution < -0.4 is 0 Å². The van der Waals surface area contributed by atoms with Crippen molar-refractivity contribution in [2.75, 3.05) is 24.0 Å². The van der Waals surface area contributed by atoms with Crippen molar-refractivity contribution in [3.05, 3.63) is 11.5 Å². The molecule has 2 unspecified atom stereocenters. The van der Waals surface area contributed by atoms with Gasteiger partial charge in [0, 0.05) is 0 Å². The van der Waals surface area contributed by atoms with E-state index in [1.165, 1.54) is 0 Å². The Labute approximate surface area is 132 Å². The van der Waals surface area contributed by atoms with Gasteiger partial charge < -0.3 is 21.7 Å². The molecule has 0 spiro atoms. The molecule has 116 valence electrons. The largest absolute Gasteiger partial charge is 2.00 e. The Kier molecular flexibility index (Phi) is 20.4. The smallest absolute Gasteiger partial charge is 0.665 e. The fraction of sp³-hybridized carbons (Fsp3) is 0.800. The molecular weight excluding hydrogens is 335 g/mol. The zero-order chi connectivity index (χ0) is 14.6. The number of hydrogen-bond donors (Lipinski definition) is 2. The molecule has 0 radical (unpaired) electrons. The van der Waals surface area contributed by atoms with Crippen LogP contribution in [0, 0.1) is 0 Å². The van der Waals surface area contributed by atoms with Gasteiger partial charge >= 0.3 is 16.5 Å². The molecule has 0 aromatic heterocycles. The van der Waals surface area contributed by atoms with Crippen molar-refractivity contribution in [1.29, 1.82) is 0 Å². The monoisotopic (exact) mass is 354 g/mol. The predicted octanol–water partition coefficient (Wildman–Crippen LogP) is 2.49. The van der Waals surface area contributed by atoms with Crippen LogP contribution in [0.3, 0.4) is 0 Å². The van der Waals surface area contributed by atoms with Gasteiger partial charge in [-0.15, -0.1) is 0 Å². The van der Waals surface area contributed by atoms with Crippen molar-refractivity contribution in [1.82, 2.24) is 0 Å². The number of thioether (sulfide) groups is 2. The number of carboxylic acids is 2. The number of nitrogens with one attached hydrogen (secondary N) is 2. The SMILES string of the molecule is CSCCC([NH-])C(=O)O.CSCCC([NH-])C(=O)O.[Ni+2]. The van der Waals surface area contributed by atoms with E-state index in [0.717, 1.165) is 11.5 Å². The number of rotatable bonds is 8. The van der Waals surface area contributed by atoms with Crippen molar-refractivity contribution in [2.45, 2.75) is 24.9 Å². The van der Waals surface area contributed by atoms with E-state index >= 15 is 0 Å². The van der Waals surface area contributed by atoms with E-state index in [4.69, 9.17) is 21.7 Å². The van der Waals surface area contributed by atoms with Crippen LogP contribution in [0.2, 0.25) is 0 Å². The van der Waals surface area contributed by atoms with E-state index in [2.05, 4.69) is 0 Å². The molecule has 0 saturated carbocycles. The maximum absolute atomic E-state index is 10.0. The number of carboxylic acid groups (broad SMARTS) is 2. The molecule has 0 amide bonds. The summed E-state index contributed by atoms with van der Waals surface area (Å²) in [4.78, 5) is 20.0. The Morgan fingerprint density at radius 3 is 1.37 bits per heavy atom. The molecular formula is C10H20N2NiO4S2. The fourth-order valence-corrected chi connectivity index (χ4v) is 1.66. The molecule has 0 heterocycles. The van der Waals surface area contributed by atoms with Crippen LogP contribution >= 0.6 is 23.5 Å².